The first-order valence-corrected chi connectivity index (χ1v) is 11.0. The largest absolute Gasteiger partial charge is 0.497 e. The molecule has 5 aromatic rings. The van der Waals surface area contributed by atoms with Crippen LogP contribution in [0.4, 0.5) is 0 Å². The fourth-order valence-corrected chi connectivity index (χ4v) is 3.85. The molecule has 0 spiro atoms. The summed E-state index contributed by atoms with van der Waals surface area (Å²) in [4.78, 5) is 4.83. The molecule has 0 saturated heterocycles. The van der Waals surface area contributed by atoms with Crippen molar-refractivity contribution in [3.63, 3.8) is 0 Å². The quantitative estimate of drug-likeness (QED) is 0.296. The van der Waals surface area contributed by atoms with E-state index in [1.165, 1.54) is 5.56 Å². The Kier molecular flexibility index (Phi) is 5.81. The van der Waals surface area contributed by atoms with Gasteiger partial charge in [0, 0.05) is 11.6 Å². The summed E-state index contributed by atoms with van der Waals surface area (Å²) in [5.41, 5.74) is 4.85. The minimum absolute atomic E-state index is 0.516. The van der Waals surface area contributed by atoms with Gasteiger partial charge in [-0.15, -0.1) is 0 Å². The second kappa shape index (κ2) is 9.20. The van der Waals surface area contributed by atoms with Crippen LogP contribution in [0, 0.1) is 0 Å². The summed E-state index contributed by atoms with van der Waals surface area (Å²) in [7, 11) is 1.65. The highest BCUT2D eigenvalue weighted by Gasteiger charge is 2.17. The van der Waals surface area contributed by atoms with Crippen molar-refractivity contribution in [1.82, 2.24) is 14.7 Å². The van der Waals surface area contributed by atoms with Crippen LogP contribution in [0.5, 0.6) is 11.5 Å². The van der Waals surface area contributed by atoms with Crippen LogP contribution in [0.2, 0.25) is 0 Å². The number of ether oxygens (including phenoxy) is 2. The third-order valence-electron chi connectivity index (χ3n) is 5.68. The van der Waals surface area contributed by atoms with Crippen molar-refractivity contribution >= 4 is 11.0 Å². The fourth-order valence-electron chi connectivity index (χ4n) is 3.85. The summed E-state index contributed by atoms with van der Waals surface area (Å²) in [6, 6.07) is 25.9. The zero-order chi connectivity index (χ0) is 22.6. The van der Waals surface area contributed by atoms with Crippen molar-refractivity contribution in [3.05, 3.63) is 84.4 Å². The molecule has 0 unspecified atom stereocenters. The van der Waals surface area contributed by atoms with Gasteiger partial charge in [-0.2, -0.15) is 0 Å². The average Bonchev–Trinajstić information content (AvgIpc) is 3.50. The summed E-state index contributed by atoms with van der Waals surface area (Å²) >= 11 is 0. The number of imidazole rings is 1. The van der Waals surface area contributed by atoms with E-state index >= 15 is 0 Å². The van der Waals surface area contributed by atoms with E-state index in [-0.39, 0.29) is 0 Å². The van der Waals surface area contributed by atoms with Crippen molar-refractivity contribution < 1.29 is 14.0 Å². The molecule has 6 nitrogen and oxygen atoms in total. The number of benzene rings is 3. The summed E-state index contributed by atoms with van der Waals surface area (Å²) in [6.45, 7) is 3.30. The standard InChI is InChI=1S/C27H25N3O3/c1-3-19-8-12-22(13-9-19)32-17-16-30-25-7-5-4-6-23(25)28-27(30)24-18-26(33-29-24)20-10-14-21(31-2)15-11-20/h4-15,18H,3,16-17H2,1-2H3. The summed E-state index contributed by atoms with van der Waals surface area (Å²) in [6.07, 6.45) is 1.01. The van der Waals surface area contributed by atoms with Crippen LogP contribution in [0.1, 0.15) is 12.5 Å². The fraction of sp³-hybridized carbons (Fsp3) is 0.185. The maximum atomic E-state index is 6.01. The Hall–Kier alpha value is -4.06. The summed E-state index contributed by atoms with van der Waals surface area (Å²) in [5, 5.41) is 4.32. The molecule has 0 aliphatic carbocycles. The van der Waals surface area contributed by atoms with Crippen LogP contribution in [0.25, 0.3) is 33.9 Å². The number of para-hydroxylation sites is 2. The first-order valence-electron chi connectivity index (χ1n) is 11.0. The number of rotatable bonds is 8. The van der Waals surface area contributed by atoms with Crippen molar-refractivity contribution in [2.75, 3.05) is 13.7 Å². The second-order valence-electron chi connectivity index (χ2n) is 7.73. The Morgan fingerprint density at radius 1 is 0.909 bits per heavy atom. The van der Waals surface area contributed by atoms with Crippen molar-refractivity contribution in [2.45, 2.75) is 19.9 Å². The Balaban J connectivity index is 1.41. The summed E-state index contributed by atoms with van der Waals surface area (Å²) in [5.74, 6) is 3.09. The molecule has 0 fully saturated rings. The lowest BCUT2D eigenvalue weighted by atomic mass is 10.1. The number of hydrogen-bond donors (Lipinski definition) is 0. The molecule has 0 radical (unpaired) electrons. The van der Waals surface area contributed by atoms with Gasteiger partial charge in [-0.05, 0) is 60.5 Å². The Bertz CT molecular complexity index is 1350. The zero-order valence-corrected chi connectivity index (χ0v) is 18.7. The lowest BCUT2D eigenvalue weighted by molar-refractivity contribution is 0.300. The molecule has 2 aromatic heterocycles. The van der Waals surface area contributed by atoms with Gasteiger partial charge < -0.3 is 18.6 Å². The maximum Gasteiger partial charge on any atom is 0.167 e. The minimum Gasteiger partial charge on any atom is -0.497 e. The predicted octanol–water partition coefficient (Wildman–Crippen LogP) is 6.01. The minimum atomic E-state index is 0.516. The van der Waals surface area contributed by atoms with Gasteiger partial charge >= 0.3 is 0 Å². The van der Waals surface area contributed by atoms with E-state index in [1.807, 2.05) is 60.7 Å². The van der Waals surface area contributed by atoms with Gasteiger partial charge in [0.1, 0.15) is 23.8 Å². The molecule has 0 bridgehead atoms. The number of aryl methyl sites for hydroxylation is 1. The first kappa shape index (κ1) is 20.8. The van der Waals surface area contributed by atoms with E-state index in [2.05, 4.69) is 34.8 Å². The Labute approximate surface area is 192 Å². The highest BCUT2D eigenvalue weighted by atomic mass is 16.5. The van der Waals surface area contributed by atoms with E-state index in [0.29, 0.717) is 24.6 Å². The number of methoxy groups -OCH3 is 1. The second-order valence-corrected chi connectivity index (χ2v) is 7.73. The van der Waals surface area contributed by atoms with Crippen LogP contribution in [0.3, 0.4) is 0 Å². The van der Waals surface area contributed by atoms with E-state index in [4.69, 9.17) is 19.0 Å². The first-order chi connectivity index (χ1) is 16.2. The number of fused-ring (bicyclic) bond motifs is 1. The van der Waals surface area contributed by atoms with Crippen LogP contribution in [0.15, 0.2) is 83.4 Å². The Morgan fingerprint density at radius 2 is 1.67 bits per heavy atom. The lowest BCUT2D eigenvalue weighted by Gasteiger charge is -2.10. The number of nitrogens with zero attached hydrogens (tertiary/aromatic N) is 3. The van der Waals surface area contributed by atoms with Crippen molar-refractivity contribution in [2.24, 2.45) is 0 Å². The molecule has 0 aliphatic heterocycles. The molecule has 0 aliphatic rings. The third-order valence-corrected chi connectivity index (χ3v) is 5.68. The lowest BCUT2D eigenvalue weighted by Crippen LogP contribution is -2.09. The van der Waals surface area contributed by atoms with E-state index < -0.39 is 0 Å². The van der Waals surface area contributed by atoms with Gasteiger partial charge in [-0.1, -0.05) is 36.3 Å². The molecule has 33 heavy (non-hydrogen) atoms. The topological polar surface area (TPSA) is 62.3 Å². The molecule has 0 atom stereocenters. The molecule has 0 saturated carbocycles. The van der Waals surface area contributed by atoms with Gasteiger partial charge in [-0.3, -0.25) is 0 Å². The predicted molar refractivity (Wildman–Crippen MR) is 129 cm³/mol. The van der Waals surface area contributed by atoms with Gasteiger partial charge in [0.15, 0.2) is 11.6 Å². The van der Waals surface area contributed by atoms with Crippen LogP contribution < -0.4 is 9.47 Å². The van der Waals surface area contributed by atoms with Crippen LogP contribution >= 0.6 is 0 Å². The van der Waals surface area contributed by atoms with Gasteiger partial charge in [0.05, 0.1) is 24.7 Å². The Morgan fingerprint density at radius 3 is 2.42 bits per heavy atom. The monoisotopic (exact) mass is 439 g/mol. The molecule has 3 aromatic carbocycles. The van der Waals surface area contributed by atoms with Gasteiger partial charge in [0.25, 0.3) is 0 Å². The molecule has 6 heteroatoms. The van der Waals surface area contributed by atoms with Gasteiger partial charge in [0.2, 0.25) is 0 Å². The average molecular weight is 440 g/mol. The normalized spacial score (nSPS) is 11.1. The molecule has 166 valence electrons. The van der Waals surface area contributed by atoms with Crippen molar-refractivity contribution in [1.29, 1.82) is 0 Å². The van der Waals surface area contributed by atoms with Crippen LogP contribution in [-0.4, -0.2) is 28.4 Å². The van der Waals surface area contributed by atoms with Crippen LogP contribution in [-0.2, 0) is 13.0 Å². The van der Waals surface area contributed by atoms with Gasteiger partial charge in [-0.25, -0.2) is 4.98 Å². The molecule has 0 amide bonds. The smallest absolute Gasteiger partial charge is 0.167 e. The molecular weight excluding hydrogens is 414 g/mol. The zero-order valence-electron chi connectivity index (χ0n) is 18.7. The number of hydrogen-bond acceptors (Lipinski definition) is 5. The molecule has 2 heterocycles. The SMILES string of the molecule is CCc1ccc(OCCn2c(-c3cc(-c4ccc(OC)cc4)on3)nc3ccccc32)cc1. The molecule has 5 rings (SSSR count). The highest BCUT2D eigenvalue weighted by molar-refractivity contribution is 5.80. The molecule has 0 N–H and O–H groups in total. The maximum absolute atomic E-state index is 6.01. The van der Waals surface area contributed by atoms with Crippen molar-refractivity contribution in [3.8, 4) is 34.3 Å². The summed E-state index contributed by atoms with van der Waals surface area (Å²) < 4.78 is 19.0. The van der Waals surface area contributed by atoms with E-state index in [9.17, 15) is 0 Å². The van der Waals surface area contributed by atoms with E-state index in [0.717, 1.165) is 40.3 Å². The number of aromatic nitrogens is 3. The highest BCUT2D eigenvalue weighted by Crippen LogP contribution is 2.29. The third kappa shape index (κ3) is 4.32. The molecular formula is C27H25N3O3. The van der Waals surface area contributed by atoms with E-state index in [1.54, 1.807) is 7.11 Å².